The molecular weight excluding hydrogens is 328 g/mol. The van der Waals surface area contributed by atoms with Crippen LogP contribution in [0.3, 0.4) is 0 Å². The predicted octanol–water partition coefficient (Wildman–Crippen LogP) is 2.26. The van der Waals surface area contributed by atoms with Crippen LogP contribution < -0.4 is 0 Å². The summed E-state index contributed by atoms with van der Waals surface area (Å²) in [6.07, 6.45) is 5.91. The molecule has 0 spiro atoms. The van der Waals surface area contributed by atoms with Gasteiger partial charge in [-0.2, -0.15) is 0 Å². The van der Waals surface area contributed by atoms with E-state index in [9.17, 15) is 14.7 Å². The Morgan fingerprint density at radius 2 is 1.88 bits per heavy atom. The van der Waals surface area contributed by atoms with E-state index in [2.05, 4.69) is 24.3 Å². The molecule has 1 aromatic carbocycles. The smallest absolute Gasteiger partial charge is 0.226 e. The summed E-state index contributed by atoms with van der Waals surface area (Å²) < 4.78 is 0. The fraction of sp³-hybridized carbons (Fsp3) is 0.524. The van der Waals surface area contributed by atoms with Gasteiger partial charge in [0.05, 0.1) is 18.7 Å². The lowest BCUT2D eigenvalue weighted by molar-refractivity contribution is -0.155. The van der Waals surface area contributed by atoms with Crippen molar-refractivity contribution in [1.29, 1.82) is 0 Å². The number of carbonyl (C=O) groups is 2. The Morgan fingerprint density at radius 3 is 2.38 bits per heavy atom. The van der Waals surface area contributed by atoms with Gasteiger partial charge in [-0.3, -0.25) is 9.59 Å². The van der Waals surface area contributed by atoms with Crippen LogP contribution in [-0.2, 0) is 9.59 Å². The largest absolute Gasteiger partial charge is 0.394 e. The highest BCUT2D eigenvalue weighted by Crippen LogP contribution is 2.44. The maximum absolute atomic E-state index is 12.7. The number of allylic oxidation sites excluding steroid dienone is 1. The molecule has 2 aliphatic rings. The van der Waals surface area contributed by atoms with Crippen LogP contribution in [0.25, 0.3) is 6.08 Å². The average molecular weight is 356 g/mol. The van der Waals surface area contributed by atoms with E-state index in [1.165, 1.54) is 6.92 Å². The Morgan fingerprint density at radius 1 is 1.23 bits per heavy atom. The number of carbonyl (C=O) groups excluding carboxylic acids is 2. The van der Waals surface area contributed by atoms with Crippen LogP contribution in [0.1, 0.15) is 43.7 Å². The van der Waals surface area contributed by atoms with E-state index >= 15 is 0 Å². The van der Waals surface area contributed by atoms with E-state index in [1.807, 2.05) is 24.0 Å². The van der Waals surface area contributed by atoms with Gasteiger partial charge in [0, 0.05) is 32.4 Å². The lowest BCUT2D eigenvalue weighted by Gasteiger charge is -2.56. The quantitative estimate of drug-likeness (QED) is 0.850. The molecule has 1 saturated heterocycles. The highest BCUT2D eigenvalue weighted by atomic mass is 16.3. The third kappa shape index (κ3) is 3.54. The first kappa shape index (κ1) is 18.6. The van der Waals surface area contributed by atoms with Crippen LogP contribution in [0.5, 0.6) is 0 Å². The van der Waals surface area contributed by atoms with Crippen molar-refractivity contribution < 1.29 is 14.7 Å². The van der Waals surface area contributed by atoms with Crippen molar-refractivity contribution in [3.8, 4) is 0 Å². The molecule has 1 saturated carbocycles. The molecule has 2 amide bonds. The maximum Gasteiger partial charge on any atom is 0.226 e. The molecular formula is C21H28N2O3. The minimum atomic E-state index is -0.207. The summed E-state index contributed by atoms with van der Waals surface area (Å²) in [6, 6.07) is 7.97. The van der Waals surface area contributed by atoms with E-state index in [-0.39, 0.29) is 42.3 Å². The van der Waals surface area contributed by atoms with E-state index < -0.39 is 0 Å². The summed E-state index contributed by atoms with van der Waals surface area (Å²) in [5.41, 5.74) is 2.23. The first-order chi connectivity index (χ1) is 12.5. The number of hydrogen-bond acceptors (Lipinski definition) is 3. The zero-order valence-corrected chi connectivity index (χ0v) is 15.8. The summed E-state index contributed by atoms with van der Waals surface area (Å²) in [4.78, 5) is 27.9. The number of hydrogen-bond donors (Lipinski definition) is 1. The first-order valence-electron chi connectivity index (χ1n) is 9.35. The second-order valence-electron chi connectivity index (χ2n) is 7.43. The van der Waals surface area contributed by atoms with Crippen LogP contribution in [0, 0.1) is 5.92 Å². The molecule has 2 fully saturated rings. The number of amides is 2. The fourth-order valence-electron chi connectivity index (χ4n) is 3.89. The van der Waals surface area contributed by atoms with Crippen LogP contribution in [-0.4, -0.2) is 59.0 Å². The van der Waals surface area contributed by atoms with Gasteiger partial charge in [0.15, 0.2) is 0 Å². The third-order valence-corrected chi connectivity index (χ3v) is 5.59. The number of aliphatic hydroxyl groups is 1. The summed E-state index contributed by atoms with van der Waals surface area (Å²) in [7, 11) is 1.76. The highest BCUT2D eigenvalue weighted by Gasteiger charge is 2.53. The molecule has 0 unspecified atom stereocenters. The van der Waals surface area contributed by atoms with Crippen molar-refractivity contribution in [3.63, 3.8) is 0 Å². The van der Waals surface area contributed by atoms with Crippen LogP contribution in [0.15, 0.2) is 30.3 Å². The lowest BCUT2D eigenvalue weighted by atomic mass is 9.74. The van der Waals surface area contributed by atoms with Gasteiger partial charge >= 0.3 is 0 Å². The van der Waals surface area contributed by atoms with Crippen molar-refractivity contribution >= 4 is 17.9 Å². The molecule has 0 radical (unpaired) electrons. The number of rotatable bonds is 6. The molecule has 1 aromatic rings. The van der Waals surface area contributed by atoms with Gasteiger partial charge in [-0.25, -0.2) is 0 Å². The molecule has 0 bridgehead atoms. The number of aliphatic hydroxyl groups excluding tert-OH is 1. The second-order valence-corrected chi connectivity index (χ2v) is 7.43. The summed E-state index contributed by atoms with van der Waals surface area (Å²) in [6.45, 7) is 3.96. The number of likely N-dealkylation sites (tertiary alicyclic amines) is 1. The zero-order chi connectivity index (χ0) is 18.8. The average Bonchev–Trinajstić information content (AvgIpc) is 3.44. The minimum Gasteiger partial charge on any atom is -0.394 e. The molecule has 3 rings (SSSR count). The van der Waals surface area contributed by atoms with Crippen molar-refractivity contribution in [2.45, 2.75) is 44.7 Å². The van der Waals surface area contributed by atoms with Gasteiger partial charge in [-0.05, 0) is 30.9 Å². The van der Waals surface area contributed by atoms with Gasteiger partial charge in [-0.15, -0.1) is 0 Å². The second kappa shape index (κ2) is 7.62. The predicted molar refractivity (Wildman–Crippen MR) is 101 cm³/mol. The van der Waals surface area contributed by atoms with Crippen molar-refractivity contribution in [2.75, 3.05) is 20.2 Å². The van der Waals surface area contributed by atoms with Gasteiger partial charge in [0.2, 0.25) is 11.8 Å². The minimum absolute atomic E-state index is 0.0153. The van der Waals surface area contributed by atoms with Gasteiger partial charge in [0.25, 0.3) is 0 Å². The standard InChI is InChI=1S/C21H28N2O3/c1-4-5-15-6-8-16(9-7-15)20-18(12-22(3)14(2)25)23(19(20)13-24)21(26)17-10-11-17/h4-9,17-20,24H,10-13H2,1-3H3/b5-4+/t18-,19+,20+/m1/s1. The van der Waals surface area contributed by atoms with Crippen molar-refractivity contribution in [1.82, 2.24) is 9.80 Å². The molecule has 1 aliphatic carbocycles. The summed E-state index contributed by atoms with van der Waals surface area (Å²) in [5.74, 6) is 0.266. The molecule has 1 aliphatic heterocycles. The topological polar surface area (TPSA) is 60.9 Å². The van der Waals surface area contributed by atoms with E-state index in [0.29, 0.717) is 6.54 Å². The molecule has 1 N–H and O–H groups in total. The summed E-state index contributed by atoms with van der Waals surface area (Å²) in [5, 5.41) is 9.95. The van der Waals surface area contributed by atoms with E-state index in [0.717, 1.165) is 24.0 Å². The zero-order valence-electron chi connectivity index (χ0n) is 15.8. The molecule has 5 heteroatoms. The van der Waals surface area contributed by atoms with E-state index in [1.54, 1.807) is 11.9 Å². The van der Waals surface area contributed by atoms with Crippen LogP contribution in [0.2, 0.25) is 0 Å². The van der Waals surface area contributed by atoms with E-state index in [4.69, 9.17) is 0 Å². The number of benzene rings is 1. The van der Waals surface area contributed by atoms with Gasteiger partial charge < -0.3 is 14.9 Å². The molecule has 140 valence electrons. The summed E-state index contributed by atoms with van der Waals surface area (Å²) >= 11 is 0. The Labute approximate surface area is 155 Å². The Hall–Kier alpha value is -2.14. The van der Waals surface area contributed by atoms with Crippen molar-refractivity contribution in [2.24, 2.45) is 5.92 Å². The third-order valence-electron chi connectivity index (χ3n) is 5.59. The number of nitrogens with zero attached hydrogens (tertiary/aromatic N) is 2. The molecule has 3 atom stereocenters. The maximum atomic E-state index is 12.7. The Kier molecular flexibility index (Phi) is 5.47. The monoisotopic (exact) mass is 356 g/mol. The SMILES string of the molecule is C/C=C/c1ccc([C@H]2[C@@H](CN(C)C(C)=O)N(C(=O)C3CC3)[C@H]2CO)cc1. The Bertz CT molecular complexity index is 694. The van der Waals surface area contributed by atoms with Crippen LogP contribution >= 0.6 is 0 Å². The van der Waals surface area contributed by atoms with Crippen molar-refractivity contribution in [3.05, 3.63) is 41.5 Å². The highest BCUT2D eigenvalue weighted by molar-refractivity contribution is 5.83. The molecule has 1 heterocycles. The number of likely N-dealkylation sites (N-methyl/N-ethyl adjacent to an activating group) is 1. The first-order valence-corrected chi connectivity index (χ1v) is 9.35. The Balaban J connectivity index is 1.86. The molecule has 0 aromatic heterocycles. The van der Waals surface area contributed by atoms with Gasteiger partial charge in [-0.1, -0.05) is 36.4 Å². The normalized spacial score (nSPS) is 25.2. The fourth-order valence-corrected chi connectivity index (χ4v) is 3.89. The molecule has 5 nitrogen and oxygen atoms in total. The van der Waals surface area contributed by atoms with Gasteiger partial charge in [0.1, 0.15) is 0 Å². The lowest BCUT2D eigenvalue weighted by Crippen LogP contribution is -2.68. The molecule has 26 heavy (non-hydrogen) atoms. The van der Waals surface area contributed by atoms with Crippen LogP contribution in [0.4, 0.5) is 0 Å².